The van der Waals surface area contributed by atoms with E-state index in [1.807, 2.05) is 18.7 Å². The first-order valence-corrected chi connectivity index (χ1v) is 6.86. The zero-order valence-electron chi connectivity index (χ0n) is 9.62. The van der Waals surface area contributed by atoms with Crippen LogP contribution in [0.2, 0.25) is 0 Å². The van der Waals surface area contributed by atoms with E-state index in [9.17, 15) is 4.79 Å². The van der Waals surface area contributed by atoms with Crippen LogP contribution in [0, 0.1) is 5.41 Å². The third-order valence-corrected chi connectivity index (χ3v) is 4.70. The molecule has 2 heterocycles. The number of amides is 1. The number of halogens is 1. The van der Waals surface area contributed by atoms with Crippen LogP contribution in [0.3, 0.4) is 0 Å². The van der Waals surface area contributed by atoms with Crippen molar-refractivity contribution < 1.29 is 4.79 Å². The number of hydrogen-bond donors (Lipinski definition) is 0. The number of hydrogen-bond acceptors (Lipinski definition) is 2. The van der Waals surface area contributed by atoms with Crippen LogP contribution in [0.15, 0.2) is 11.4 Å². The second kappa shape index (κ2) is 4.38. The lowest BCUT2D eigenvalue weighted by Crippen LogP contribution is -2.44. The van der Waals surface area contributed by atoms with Crippen LogP contribution in [-0.4, -0.2) is 23.2 Å². The predicted octanol–water partition coefficient (Wildman–Crippen LogP) is 2.90. The molecule has 1 aliphatic heterocycles. The van der Waals surface area contributed by atoms with Crippen LogP contribution >= 0.6 is 22.9 Å². The Labute approximate surface area is 105 Å². The molecule has 0 spiro atoms. The zero-order chi connectivity index (χ0) is 11.8. The number of alkyl halides is 1. The van der Waals surface area contributed by atoms with Gasteiger partial charge < -0.3 is 4.90 Å². The highest BCUT2D eigenvalue weighted by Gasteiger charge is 2.32. The van der Waals surface area contributed by atoms with Crippen molar-refractivity contribution in [3.05, 3.63) is 21.9 Å². The highest BCUT2D eigenvalue weighted by Crippen LogP contribution is 2.28. The molecule has 0 saturated heterocycles. The first kappa shape index (κ1) is 11.9. The normalized spacial score (nSPS) is 16.1. The van der Waals surface area contributed by atoms with Gasteiger partial charge in [0.2, 0.25) is 5.91 Å². The van der Waals surface area contributed by atoms with Gasteiger partial charge in [0, 0.05) is 23.8 Å². The van der Waals surface area contributed by atoms with E-state index < -0.39 is 5.41 Å². The third-order valence-electron chi connectivity index (χ3n) is 3.01. The molecule has 0 atom stereocenters. The fourth-order valence-electron chi connectivity index (χ4n) is 1.91. The minimum Gasteiger partial charge on any atom is -0.337 e. The van der Waals surface area contributed by atoms with Crippen LogP contribution in [0.4, 0.5) is 0 Å². The number of carbonyl (C=O) groups is 1. The van der Waals surface area contributed by atoms with Gasteiger partial charge in [-0.2, -0.15) is 0 Å². The van der Waals surface area contributed by atoms with Gasteiger partial charge in [-0.05, 0) is 37.3 Å². The lowest BCUT2D eigenvalue weighted by Gasteiger charge is -2.33. The minimum atomic E-state index is -0.449. The minimum absolute atomic E-state index is 0.166. The molecule has 0 aromatic carbocycles. The summed E-state index contributed by atoms with van der Waals surface area (Å²) in [5, 5.41) is 2.10. The van der Waals surface area contributed by atoms with E-state index in [1.165, 1.54) is 10.4 Å². The molecule has 2 rings (SSSR count). The van der Waals surface area contributed by atoms with Gasteiger partial charge >= 0.3 is 0 Å². The molecule has 0 N–H and O–H groups in total. The Morgan fingerprint density at radius 3 is 3.06 bits per heavy atom. The Morgan fingerprint density at radius 1 is 1.62 bits per heavy atom. The third kappa shape index (κ3) is 2.11. The zero-order valence-corrected chi connectivity index (χ0v) is 11.2. The molecule has 2 nitrogen and oxygen atoms in total. The number of carbonyl (C=O) groups excluding carboxylic acids is 1. The summed E-state index contributed by atoms with van der Waals surface area (Å²) in [5.74, 6) is 0.540. The van der Waals surface area contributed by atoms with E-state index in [1.54, 1.807) is 11.3 Å². The summed E-state index contributed by atoms with van der Waals surface area (Å²) in [5.41, 5.74) is 0.852. The lowest BCUT2D eigenvalue weighted by molar-refractivity contribution is -0.140. The first-order valence-electron chi connectivity index (χ1n) is 5.45. The smallest absolute Gasteiger partial charge is 0.229 e. The van der Waals surface area contributed by atoms with Gasteiger partial charge in [-0.15, -0.1) is 22.9 Å². The van der Waals surface area contributed by atoms with Crippen molar-refractivity contribution in [2.75, 3.05) is 12.4 Å². The predicted molar refractivity (Wildman–Crippen MR) is 67.9 cm³/mol. The monoisotopic (exact) mass is 257 g/mol. The van der Waals surface area contributed by atoms with Crippen LogP contribution < -0.4 is 0 Å². The fourth-order valence-corrected chi connectivity index (χ4v) is 2.91. The summed E-state index contributed by atoms with van der Waals surface area (Å²) < 4.78 is 0. The fraction of sp³-hybridized carbons (Fsp3) is 0.583. The maximum Gasteiger partial charge on any atom is 0.229 e. The molecule has 88 valence electrons. The van der Waals surface area contributed by atoms with E-state index in [4.69, 9.17) is 11.6 Å². The molecular formula is C12H16ClNOS. The molecule has 0 fully saturated rings. The standard InChI is InChI=1S/C12H16ClNOS/c1-12(2,8-13)11(15)14-5-3-10-9(7-14)4-6-16-10/h4,6H,3,5,7-8H2,1-2H3. The summed E-state index contributed by atoms with van der Waals surface area (Å²) in [6.45, 7) is 5.39. The van der Waals surface area contributed by atoms with Crippen LogP contribution in [0.5, 0.6) is 0 Å². The van der Waals surface area contributed by atoms with E-state index >= 15 is 0 Å². The van der Waals surface area contributed by atoms with Crippen molar-refractivity contribution in [3.8, 4) is 0 Å². The number of fused-ring (bicyclic) bond motifs is 1. The largest absolute Gasteiger partial charge is 0.337 e. The van der Waals surface area contributed by atoms with Gasteiger partial charge in [0.15, 0.2) is 0 Å². The molecule has 0 bridgehead atoms. The van der Waals surface area contributed by atoms with Crippen molar-refractivity contribution in [2.45, 2.75) is 26.8 Å². The summed E-state index contributed by atoms with van der Waals surface area (Å²) in [6, 6.07) is 2.12. The van der Waals surface area contributed by atoms with Gasteiger partial charge in [0.05, 0.1) is 5.41 Å². The highest BCUT2D eigenvalue weighted by atomic mass is 35.5. The molecule has 0 unspecified atom stereocenters. The number of rotatable bonds is 2. The summed E-state index contributed by atoms with van der Waals surface area (Å²) in [6.07, 6.45) is 0.983. The number of nitrogens with zero attached hydrogens (tertiary/aromatic N) is 1. The molecule has 0 aliphatic carbocycles. The SMILES string of the molecule is CC(C)(CCl)C(=O)N1CCc2sccc2C1. The molecule has 4 heteroatoms. The van der Waals surface area contributed by atoms with Crippen molar-refractivity contribution in [3.63, 3.8) is 0 Å². The van der Waals surface area contributed by atoms with Gasteiger partial charge in [0.1, 0.15) is 0 Å². The summed E-state index contributed by atoms with van der Waals surface area (Å²) >= 11 is 7.63. The van der Waals surface area contributed by atoms with Crippen LogP contribution in [0.1, 0.15) is 24.3 Å². The van der Waals surface area contributed by atoms with Gasteiger partial charge in [-0.3, -0.25) is 4.79 Å². The summed E-state index contributed by atoms with van der Waals surface area (Å²) in [4.78, 5) is 15.6. The van der Waals surface area contributed by atoms with Crippen molar-refractivity contribution in [1.82, 2.24) is 4.90 Å². The average molecular weight is 258 g/mol. The van der Waals surface area contributed by atoms with Crippen molar-refractivity contribution in [1.29, 1.82) is 0 Å². The van der Waals surface area contributed by atoms with Crippen molar-refractivity contribution in [2.24, 2.45) is 5.41 Å². The molecular weight excluding hydrogens is 242 g/mol. The van der Waals surface area contributed by atoms with Gasteiger partial charge in [0.25, 0.3) is 0 Å². The Morgan fingerprint density at radius 2 is 2.38 bits per heavy atom. The molecule has 1 amide bonds. The number of thiophene rings is 1. The van der Waals surface area contributed by atoms with E-state index in [0.717, 1.165) is 19.5 Å². The molecule has 1 aromatic heterocycles. The van der Waals surface area contributed by atoms with E-state index in [-0.39, 0.29) is 5.91 Å². The van der Waals surface area contributed by atoms with Gasteiger partial charge in [-0.1, -0.05) is 0 Å². The van der Waals surface area contributed by atoms with E-state index in [2.05, 4.69) is 11.4 Å². The van der Waals surface area contributed by atoms with Crippen LogP contribution in [0.25, 0.3) is 0 Å². The topological polar surface area (TPSA) is 20.3 Å². The molecule has 1 aliphatic rings. The highest BCUT2D eigenvalue weighted by molar-refractivity contribution is 7.10. The van der Waals surface area contributed by atoms with Crippen LogP contribution in [-0.2, 0) is 17.8 Å². The van der Waals surface area contributed by atoms with Gasteiger partial charge in [-0.25, -0.2) is 0 Å². The molecule has 1 aromatic rings. The first-order chi connectivity index (χ1) is 7.54. The maximum absolute atomic E-state index is 12.2. The second-order valence-electron chi connectivity index (χ2n) is 4.86. The Kier molecular flexibility index (Phi) is 3.27. The molecule has 0 saturated carbocycles. The Balaban J connectivity index is 2.12. The second-order valence-corrected chi connectivity index (χ2v) is 6.13. The Bertz CT molecular complexity index is 399. The quantitative estimate of drug-likeness (QED) is 0.746. The molecule has 0 radical (unpaired) electrons. The summed E-state index contributed by atoms with van der Waals surface area (Å²) in [7, 11) is 0. The Hall–Kier alpha value is -0.540. The molecule has 16 heavy (non-hydrogen) atoms. The van der Waals surface area contributed by atoms with E-state index in [0.29, 0.717) is 5.88 Å². The van der Waals surface area contributed by atoms with Crippen molar-refractivity contribution >= 4 is 28.8 Å². The average Bonchev–Trinajstić information content (AvgIpc) is 2.74. The maximum atomic E-state index is 12.2. The lowest BCUT2D eigenvalue weighted by atomic mass is 9.93.